The van der Waals surface area contributed by atoms with E-state index < -0.39 is 17.3 Å². The second kappa shape index (κ2) is 7.66. The van der Waals surface area contributed by atoms with Crippen molar-refractivity contribution in [2.75, 3.05) is 0 Å². The maximum Gasteiger partial charge on any atom is 0.208 e. The Labute approximate surface area is 200 Å². The SMILES string of the molecule is O=C1C(Br)=C(Br)C2(OC(C(=O)c3ccccc3)C2(O)c2ccccc2)C(Br)=C1Br. The lowest BCUT2D eigenvalue weighted by Crippen LogP contribution is -2.75. The van der Waals surface area contributed by atoms with Crippen LogP contribution in [0.15, 0.2) is 78.6 Å². The highest BCUT2D eigenvalue weighted by atomic mass is 79.9. The van der Waals surface area contributed by atoms with Gasteiger partial charge in [-0.3, -0.25) is 9.59 Å². The maximum atomic E-state index is 13.2. The number of allylic oxidation sites excluding steroid dienone is 2. The molecule has 4 rings (SSSR count). The molecule has 8 heteroatoms. The lowest BCUT2D eigenvalue weighted by molar-refractivity contribution is -0.301. The van der Waals surface area contributed by atoms with Crippen molar-refractivity contribution in [3.05, 3.63) is 89.7 Å². The van der Waals surface area contributed by atoms with Crippen LogP contribution < -0.4 is 0 Å². The van der Waals surface area contributed by atoms with Crippen molar-refractivity contribution in [1.29, 1.82) is 0 Å². The first kappa shape index (κ1) is 21.3. The summed E-state index contributed by atoms with van der Waals surface area (Å²) in [6, 6.07) is 17.5. The highest BCUT2D eigenvalue weighted by molar-refractivity contribution is 9.15. The molecule has 29 heavy (non-hydrogen) atoms. The Kier molecular flexibility index (Phi) is 5.63. The van der Waals surface area contributed by atoms with E-state index in [4.69, 9.17) is 4.74 Å². The third-order valence-corrected chi connectivity index (χ3v) is 9.61. The van der Waals surface area contributed by atoms with E-state index in [-0.39, 0.29) is 20.5 Å². The Morgan fingerprint density at radius 1 is 0.862 bits per heavy atom. The number of ether oxygens (including phenoxy) is 1. The van der Waals surface area contributed by atoms with Gasteiger partial charge in [-0.1, -0.05) is 92.5 Å². The van der Waals surface area contributed by atoms with Gasteiger partial charge in [0.05, 0.1) is 17.9 Å². The molecule has 2 unspecified atom stereocenters. The number of Topliss-reactive ketones (excluding diaryl/α,β-unsaturated/α-hetero) is 2. The van der Waals surface area contributed by atoms with Crippen LogP contribution in [0.4, 0.5) is 0 Å². The van der Waals surface area contributed by atoms with Crippen LogP contribution in [0.3, 0.4) is 0 Å². The van der Waals surface area contributed by atoms with Gasteiger partial charge in [0.2, 0.25) is 5.78 Å². The molecule has 4 nitrogen and oxygen atoms in total. The fourth-order valence-electron chi connectivity index (χ4n) is 3.66. The summed E-state index contributed by atoms with van der Waals surface area (Å²) in [5.74, 6) is -0.668. The zero-order valence-electron chi connectivity index (χ0n) is 14.5. The Morgan fingerprint density at radius 3 is 1.86 bits per heavy atom. The van der Waals surface area contributed by atoms with Crippen LogP contribution >= 0.6 is 63.7 Å². The van der Waals surface area contributed by atoms with Crippen molar-refractivity contribution in [2.24, 2.45) is 0 Å². The fraction of sp³-hybridized carbons (Fsp3) is 0.143. The third kappa shape index (κ3) is 2.87. The molecule has 1 N–H and O–H groups in total. The normalized spacial score (nSPS) is 26.0. The quantitative estimate of drug-likeness (QED) is 0.449. The summed E-state index contributed by atoms with van der Waals surface area (Å²) < 4.78 is 7.15. The van der Waals surface area contributed by atoms with Gasteiger partial charge in [-0.25, -0.2) is 0 Å². The average Bonchev–Trinajstić information content (AvgIpc) is 2.76. The molecule has 1 aliphatic heterocycles. The van der Waals surface area contributed by atoms with E-state index >= 15 is 0 Å². The predicted octanol–water partition coefficient (Wildman–Crippen LogP) is 5.48. The number of benzene rings is 2. The van der Waals surface area contributed by atoms with Crippen molar-refractivity contribution >= 4 is 75.3 Å². The molecule has 1 aliphatic carbocycles. The summed E-state index contributed by atoms with van der Waals surface area (Å²) in [7, 11) is 0. The van der Waals surface area contributed by atoms with Gasteiger partial charge in [0.1, 0.15) is 0 Å². The predicted molar refractivity (Wildman–Crippen MR) is 123 cm³/mol. The molecule has 0 amide bonds. The van der Waals surface area contributed by atoms with E-state index in [0.717, 1.165) is 0 Å². The fourth-order valence-corrected chi connectivity index (χ4v) is 6.70. The topological polar surface area (TPSA) is 63.6 Å². The number of carbonyl (C=O) groups excluding carboxylic acids is 2. The number of carbonyl (C=O) groups is 2. The molecule has 148 valence electrons. The van der Waals surface area contributed by atoms with Crippen molar-refractivity contribution in [3.63, 3.8) is 0 Å². The molecular weight excluding hydrogens is 636 g/mol. The van der Waals surface area contributed by atoms with Gasteiger partial charge < -0.3 is 9.84 Å². The summed E-state index contributed by atoms with van der Waals surface area (Å²) in [4.78, 5) is 25.7. The Hall–Kier alpha value is -0.900. The molecule has 2 aromatic carbocycles. The second-order valence-corrected chi connectivity index (χ2v) is 9.80. The molecule has 2 atom stereocenters. The lowest BCUT2D eigenvalue weighted by atomic mass is 9.65. The van der Waals surface area contributed by atoms with E-state index in [1.54, 1.807) is 48.5 Å². The highest BCUT2D eigenvalue weighted by Crippen LogP contribution is 2.64. The minimum atomic E-state index is -1.78. The highest BCUT2D eigenvalue weighted by Gasteiger charge is 2.74. The molecule has 1 heterocycles. The van der Waals surface area contributed by atoms with Crippen LogP contribution in [0.5, 0.6) is 0 Å². The smallest absolute Gasteiger partial charge is 0.208 e. The molecular formula is C21H12Br4O4. The minimum Gasteiger partial charge on any atom is -0.378 e. The number of hydrogen-bond donors (Lipinski definition) is 1. The molecule has 1 spiro atoms. The van der Waals surface area contributed by atoms with Gasteiger partial charge in [0.15, 0.2) is 23.1 Å². The van der Waals surface area contributed by atoms with E-state index in [1.807, 2.05) is 12.1 Å². The van der Waals surface area contributed by atoms with Crippen LogP contribution in [0.1, 0.15) is 15.9 Å². The van der Waals surface area contributed by atoms with Crippen LogP contribution in [-0.4, -0.2) is 28.4 Å². The molecule has 1 saturated heterocycles. The van der Waals surface area contributed by atoms with E-state index in [9.17, 15) is 14.7 Å². The minimum absolute atomic E-state index is 0.201. The Balaban J connectivity index is 1.94. The standard InChI is InChI=1S/C21H12Br4O4/c22-13-16(27)14(23)18(25)21(17(13)24)20(28,12-9-5-2-6-10-12)19(29-21)15(26)11-7-3-1-4-8-11/h1-10,19,28H. The summed E-state index contributed by atoms with van der Waals surface area (Å²) >= 11 is 13.4. The van der Waals surface area contributed by atoms with Gasteiger partial charge in [-0.2, -0.15) is 0 Å². The molecule has 2 aromatic rings. The zero-order chi connectivity index (χ0) is 21.0. The van der Waals surface area contributed by atoms with Crippen LogP contribution in [-0.2, 0) is 15.1 Å². The van der Waals surface area contributed by atoms with Gasteiger partial charge in [-0.05, 0) is 37.4 Å². The van der Waals surface area contributed by atoms with Crippen LogP contribution in [0, 0.1) is 0 Å². The van der Waals surface area contributed by atoms with Crippen LogP contribution in [0.2, 0.25) is 0 Å². The summed E-state index contributed by atoms with van der Waals surface area (Å²) in [5, 5.41) is 12.1. The molecule has 0 radical (unpaired) electrons. The Bertz CT molecular complexity index is 1050. The van der Waals surface area contributed by atoms with E-state index in [1.165, 1.54) is 0 Å². The Morgan fingerprint density at radius 2 is 1.34 bits per heavy atom. The largest absolute Gasteiger partial charge is 0.378 e. The first-order valence-corrected chi connectivity index (χ1v) is 11.6. The molecule has 0 saturated carbocycles. The maximum absolute atomic E-state index is 13.2. The summed E-state index contributed by atoms with van der Waals surface area (Å²) in [6.07, 6.45) is -1.18. The third-order valence-electron chi connectivity index (χ3n) is 5.12. The molecule has 0 aromatic heterocycles. The lowest BCUT2D eigenvalue weighted by Gasteiger charge is -2.61. The number of hydrogen-bond acceptors (Lipinski definition) is 4. The number of rotatable bonds is 3. The van der Waals surface area contributed by atoms with E-state index in [2.05, 4.69) is 63.7 Å². The van der Waals surface area contributed by atoms with Gasteiger partial charge in [0, 0.05) is 5.56 Å². The number of ketones is 2. The first-order chi connectivity index (χ1) is 13.8. The number of halogens is 4. The monoisotopic (exact) mass is 644 g/mol. The molecule has 1 fully saturated rings. The van der Waals surface area contributed by atoms with Crippen molar-refractivity contribution in [2.45, 2.75) is 17.3 Å². The van der Waals surface area contributed by atoms with Gasteiger partial charge in [0.25, 0.3) is 0 Å². The van der Waals surface area contributed by atoms with Crippen molar-refractivity contribution in [3.8, 4) is 0 Å². The summed E-state index contributed by atoms with van der Waals surface area (Å²) in [6.45, 7) is 0. The summed E-state index contributed by atoms with van der Waals surface area (Å²) in [5.41, 5.74) is -2.37. The first-order valence-electron chi connectivity index (χ1n) is 8.48. The second-order valence-electron chi connectivity index (χ2n) is 6.63. The average molecular weight is 648 g/mol. The van der Waals surface area contributed by atoms with Crippen molar-refractivity contribution in [1.82, 2.24) is 0 Å². The van der Waals surface area contributed by atoms with Gasteiger partial charge >= 0.3 is 0 Å². The molecule has 2 aliphatic rings. The van der Waals surface area contributed by atoms with Crippen LogP contribution in [0.25, 0.3) is 0 Å². The van der Waals surface area contributed by atoms with Gasteiger partial charge in [-0.15, -0.1) is 0 Å². The zero-order valence-corrected chi connectivity index (χ0v) is 20.9. The van der Waals surface area contributed by atoms with E-state index in [0.29, 0.717) is 20.1 Å². The van der Waals surface area contributed by atoms with Crippen molar-refractivity contribution < 1.29 is 19.4 Å². The number of aliphatic hydroxyl groups is 1. The molecule has 0 bridgehead atoms.